The number of hydrogen-bond donors (Lipinski definition) is 0. The van der Waals surface area contributed by atoms with Crippen molar-refractivity contribution >= 4 is 45.2 Å². The molecule has 0 amide bonds. The standard InChI is InChI=1S/C11H13BrOS2/c1-7(13)11(12)9-5-4-8(14-2)6-10(9)15-3/h4-6,11H,1-3H3. The quantitative estimate of drug-likeness (QED) is 0.614. The highest BCUT2D eigenvalue weighted by Crippen LogP contribution is 2.34. The predicted molar refractivity (Wildman–Crippen MR) is 72.4 cm³/mol. The van der Waals surface area contributed by atoms with Crippen molar-refractivity contribution in [2.75, 3.05) is 12.5 Å². The van der Waals surface area contributed by atoms with Gasteiger partial charge in [0.1, 0.15) is 5.78 Å². The van der Waals surface area contributed by atoms with Crippen LogP contribution in [-0.2, 0) is 4.79 Å². The summed E-state index contributed by atoms with van der Waals surface area (Å²) in [6.45, 7) is 1.60. The zero-order valence-corrected chi connectivity index (χ0v) is 12.1. The minimum absolute atomic E-state index is 0.141. The van der Waals surface area contributed by atoms with Crippen LogP contribution in [0.5, 0.6) is 0 Å². The minimum Gasteiger partial charge on any atom is -0.298 e. The second-order valence-corrected chi connectivity index (χ2v) is 5.72. The monoisotopic (exact) mass is 304 g/mol. The highest BCUT2D eigenvalue weighted by Gasteiger charge is 2.16. The highest BCUT2D eigenvalue weighted by atomic mass is 79.9. The third kappa shape index (κ3) is 3.26. The first-order valence-electron chi connectivity index (χ1n) is 4.46. The van der Waals surface area contributed by atoms with E-state index in [9.17, 15) is 4.79 Å². The van der Waals surface area contributed by atoms with Crippen molar-refractivity contribution in [2.45, 2.75) is 21.5 Å². The Labute approximate surface area is 108 Å². The molecule has 0 aliphatic heterocycles. The Bertz CT molecular complexity index is 366. The van der Waals surface area contributed by atoms with Gasteiger partial charge in [0.25, 0.3) is 0 Å². The summed E-state index contributed by atoms with van der Waals surface area (Å²) in [5, 5.41) is 0. The Kier molecular flexibility index (Phi) is 5.23. The molecule has 1 rings (SSSR count). The van der Waals surface area contributed by atoms with Crippen LogP contribution in [0.3, 0.4) is 0 Å². The fourth-order valence-electron chi connectivity index (χ4n) is 1.25. The van der Waals surface area contributed by atoms with E-state index in [2.05, 4.69) is 34.3 Å². The number of thioether (sulfide) groups is 2. The molecule has 4 heteroatoms. The Hall–Kier alpha value is 0.0700. The van der Waals surface area contributed by atoms with E-state index in [4.69, 9.17) is 0 Å². The molecule has 0 aromatic heterocycles. The summed E-state index contributed by atoms with van der Waals surface area (Å²) in [5.41, 5.74) is 1.06. The van der Waals surface area contributed by atoms with Crippen LogP contribution in [0.25, 0.3) is 0 Å². The van der Waals surface area contributed by atoms with Gasteiger partial charge in [-0.25, -0.2) is 0 Å². The smallest absolute Gasteiger partial charge is 0.147 e. The zero-order valence-electron chi connectivity index (χ0n) is 8.91. The molecule has 0 aliphatic carbocycles. The van der Waals surface area contributed by atoms with Gasteiger partial charge < -0.3 is 0 Å². The molecule has 0 radical (unpaired) electrons. The van der Waals surface area contributed by atoms with Gasteiger partial charge in [-0.05, 0) is 37.1 Å². The maximum Gasteiger partial charge on any atom is 0.147 e. The Morgan fingerprint density at radius 1 is 1.33 bits per heavy atom. The number of rotatable bonds is 4. The Morgan fingerprint density at radius 3 is 2.47 bits per heavy atom. The number of carbonyl (C=O) groups excluding carboxylic acids is 1. The molecule has 0 bridgehead atoms. The van der Waals surface area contributed by atoms with Crippen LogP contribution in [0, 0.1) is 0 Å². The average Bonchev–Trinajstić information content (AvgIpc) is 2.27. The molecule has 0 fully saturated rings. The van der Waals surface area contributed by atoms with Crippen molar-refractivity contribution in [1.82, 2.24) is 0 Å². The van der Waals surface area contributed by atoms with E-state index in [1.54, 1.807) is 30.4 Å². The molecular weight excluding hydrogens is 292 g/mol. The topological polar surface area (TPSA) is 17.1 Å². The molecule has 0 N–H and O–H groups in total. The van der Waals surface area contributed by atoms with Crippen LogP contribution < -0.4 is 0 Å². The summed E-state index contributed by atoms with van der Waals surface area (Å²) in [6.07, 6.45) is 4.08. The van der Waals surface area contributed by atoms with Gasteiger partial charge in [0.2, 0.25) is 0 Å². The lowest BCUT2D eigenvalue weighted by atomic mass is 10.1. The molecule has 1 atom stereocenters. The second-order valence-electron chi connectivity index (χ2n) is 3.08. The van der Waals surface area contributed by atoms with Gasteiger partial charge in [-0.3, -0.25) is 4.79 Å². The van der Waals surface area contributed by atoms with E-state index in [0.717, 1.165) is 5.56 Å². The SMILES string of the molecule is CSc1ccc(C(Br)C(C)=O)c(SC)c1. The Balaban J connectivity index is 3.12. The Morgan fingerprint density at radius 2 is 2.00 bits per heavy atom. The number of Topliss-reactive ketones (excluding diaryl/α,β-unsaturated/α-hetero) is 1. The lowest BCUT2D eigenvalue weighted by molar-refractivity contribution is -0.116. The largest absolute Gasteiger partial charge is 0.298 e. The van der Waals surface area contributed by atoms with Gasteiger partial charge in [-0.2, -0.15) is 0 Å². The van der Waals surface area contributed by atoms with Crippen molar-refractivity contribution in [3.8, 4) is 0 Å². The van der Waals surface area contributed by atoms with Gasteiger partial charge in [0.15, 0.2) is 0 Å². The second kappa shape index (κ2) is 5.97. The predicted octanol–water partition coefficient (Wildman–Crippen LogP) is 4.16. The summed E-state index contributed by atoms with van der Waals surface area (Å²) in [4.78, 5) is 13.5. The molecule has 0 heterocycles. The van der Waals surface area contributed by atoms with Crippen LogP contribution in [-0.4, -0.2) is 18.3 Å². The number of alkyl halides is 1. The molecule has 0 saturated carbocycles. The van der Waals surface area contributed by atoms with Crippen molar-refractivity contribution in [3.05, 3.63) is 23.8 Å². The van der Waals surface area contributed by atoms with Gasteiger partial charge in [0.05, 0.1) is 4.83 Å². The molecule has 1 unspecified atom stereocenters. The summed E-state index contributed by atoms with van der Waals surface area (Å²) in [5.74, 6) is 0.141. The zero-order chi connectivity index (χ0) is 11.4. The summed E-state index contributed by atoms with van der Waals surface area (Å²) in [6, 6.07) is 6.21. The first kappa shape index (κ1) is 13.1. The number of ketones is 1. The number of hydrogen-bond acceptors (Lipinski definition) is 3. The van der Waals surface area contributed by atoms with Gasteiger partial charge in [-0.1, -0.05) is 22.0 Å². The molecule has 1 nitrogen and oxygen atoms in total. The highest BCUT2D eigenvalue weighted by molar-refractivity contribution is 9.09. The van der Waals surface area contributed by atoms with Crippen LogP contribution in [0.4, 0.5) is 0 Å². The molecule has 82 valence electrons. The number of benzene rings is 1. The third-order valence-corrected chi connectivity index (χ3v) is 4.73. The fourth-order valence-corrected chi connectivity index (χ4v) is 2.98. The normalized spacial score (nSPS) is 12.5. The van der Waals surface area contributed by atoms with E-state index < -0.39 is 0 Å². The van der Waals surface area contributed by atoms with Crippen molar-refractivity contribution in [1.29, 1.82) is 0 Å². The molecule has 15 heavy (non-hydrogen) atoms. The minimum atomic E-state index is -0.184. The molecule has 0 spiro atoms. The van der Waals surface area contributed by atoms with E-state index in [1.807, 2.05) is 12.3 Å². The van der Waals surface area contributed by atoms with Gasteiger partial charge in [0, 0.05) is 9.79 Å². The van der Waals surface area contributed by atoms with Crippen LogP contribution in [0.1, 0.15) is 17.3 Å². The molecular formula is C11H13BrOS2. The van der Waals surface area contributed by atoms with E-state index >= 15 is 0 Å². The average molecular weight is 305 g/mol. The van der Waals surface area contributed by atoms with E-state index in [1.165, 1.54) is 9.79 Å². The molecule has 0 saturated heterocycles. The first-order valence-corrected chi connectivity index (χ1v) is 7.83. The molecule has 1 aromatic carbocycles. The lowest BCUT2D eigenvalue weighted by Crippen LogP contribution is -2.02. The van der Waals surface area contributed by atoms with E-state index in [0.29, 0.717) is 0 Å². The van der Waals surface area contributed by atoms with Gasteiger partial charge >= 0.3 is 0 Å². The molecule has 1 aromatic rings. The fraction of sp³-hybridized carbons (Fsp3) is 0.364. The van der Waals surface area contributed by atoms with E-state index in [-0.39, 0.29) is 10.6 Å². The summed E-state index contributed by atoms with van der Waals surface area (Å²) >= 11 is 6.81. The van der Waals surface area contributed by atoms with Crippen molar-refractivity contribution in [2.24, 2.45) is 0 Å². The summed E-state index contributed by atoms with van der Waals surface area (Å²) < 4.78 is 0. The molecule has 0 aliphatic rings. The third-order valence-electron chi connectivity index (χ3n) is 2.07. The van der Waals surface area contributed by atoms with Crippen LogP contribution in [0.2, 0.25) is 0 Å². The van der Waals surface area contributed by atoms with Crippen LogP contribution in [0.15, 0.2) is 28.0 Å². The number of carbonyl (C=O) groups is 1. The number of halogens is 1. The van der Waals surface area contributed by atoms with Gasteiger partial charge in [-0.15, -0.1) is 23.5 Å². The van der Waals surface area contributed by atoms with Crippen LogP contribution >= 0.6 is 39.5 Å². The summed E-state index contributed by atoms with van der Waals surface area (Å²) in [7, 11) is 0. The lowest BCUT2D eigenvalue weighted by Gasteiger charge is -2.12. The van der Waals surface area contributed by atoms with Crippen molar-refractivity contribution in [3.63, 3.8) is 0 Å². The van der Waals surface area contributed by atoms with Crippen molar-refractivity contribution < 1.29 is 4.79 Å². The maximum absolute atomic E-state index is 11.3. The first-order chi connectivity index (χ1) is 7.10. The maximum atomic E-state index is 11.3.